The maximum absolute atomic E-state index is 12.1. The molecule has 2 aromatic heterocycles. The molecule has 0 radical (unpaired) electrons. The van der Waals surface area contributed by atoms with Gasteiger partial charge in [-0.1, -0.05) is 0 Å². The second-order valence-corrected chi connectivity index (χ2v) is 3.81. The largest absolute Gasteiger partial charge is 0.466 e. The topological polar surface area (TPSA) is 89.3 Å². The second kappa shape index (κ2) is 4.99. The van der Waals surface area contributed by atoms with E-state index in [4.69, 9.17) is 4.74 Å². The molecule has 18 heavy (non-hydrogen) atoms. The molecule has 0 spiro atoms. The molecule has 0 saturated carbocycles. The number of carbonyl (C=O) groups is 1. The first-order chi connectivity index (χ1) is 8.63. The molecule has 0 unspecified atom stereocenters. The minimum Gasteiger partial charge on any atom is -0.466 e. The summed E-state index contributed by atoms with van der Waals surface area (Å²) in [5.41, 5.74) is 0.875. The predicted octanol–water partition coefficient (Wildman–Crippen LogP) is 0.222. The number of nitrogens with zero attached hydrogens (tertiary/aromatic N) is 3. The highest BCUT2D eigenvalue weighted by molar-refractivity contribution is 5.69. The van der Waals surface area contributed by atoms with Crippen molar-refractivity contribution in [1.82, 2.24) is 19.6 Å². The fourth-order valence-electron chi connectivity index (χ4n) is 1.74. The zero-order valence-corrected chi connectivity index (χ0v) is 10.3. The van der Waals surface area contributed by atoms with E-state index in [0.717, 1.165) is 0 Å². The van der Waals surface area contributed by atoms with Crippen molar-refractivity contribution < 1.29 is 9.53 Å². The molecular weight excluding hydrogens is 236 g/mol. The van der Waals surface area contributed by atoms with Gasteiger partial charge in [-0.05, 0) is 20.3 Å². The van der Waals surface area contributed by atoms with Gasteiger partial charge in [-0.25, -0.2) is 9.97 Å². The van der Waals surface area contributed by atoms with Gasteiger partial charge in [0.1, 0.15) is 6.33 Å². The molecule has 2 heterocycles. The molecule has 0 saturated heterocycles. The molecule has 2 aromatic rings. The van der Waals surface area contributed by atoms with Gasteiger partial charge in [0.15, 0.2) is 0 Å². The second-order valence-electron chi connectivity index (χ2n) is 3.81. The Labute approximate surface area is 103 Å². The summed E-state index contributed by atoms with van der Waals surface area (Å²) >= 11 is 0. The maximum atomic E-state index is 12.1. The van der Waals surface area contributed by atoms with Crippen molar-refractivity contribution in [3.8, 4) is 0 Å². The van der Waals surface area contributed by atoms with Crippen LogP contribution in [-0.2, 0) is 16.0 Å². The number of hydrogen-bond acceptors (Lipinski definition) is 5. The molecule has 0 aliphatic rings. The van der Waals surface area contributed by atoms with Crippen LogP contribution >= 0.6 is 0 Å². The number of H-pyrrole nitrogens is 1. The summed E-state index contributed by atoms with van der Waals surface area (Å²) in [7, 11) is 0. The average Bonchev–Trinajstić information content (AvgIpc) is 2.77. The molecule has 0 aliphatic heterocycles. The maximum Gasteiger partial charge on any atom is 0.306 e. The molecule has 2 rings (SSSR count). The Morgan fingerprint density at radius 1 is 1.56 bits per heavy atom. The van der Waals surface area contributed by atoms with Crippen molar-refractivity contribution in [3.63, 3.8) is 0 Å². The van der Waals surface area contributed by atoms with E-state index >= 15 is 0 Å². The number of aryl methyl sites for hydroxylation is 1. The van der Waals surface area contributed by atoms with Gasteiger partial charge < -0.3 is 4.74 Å². The number of hydrogen-bond donors (Lipinski definition) is 1. The average molecular weight is 250 g/mol. The summed E-state index contributed by atoms with van der Waals surface area (Å²) in [4.78, 5) is 31.5. The Hall–Kier alpha value is -2.18. The molecule has 7 nitrogen and oxygen atoms in total. The Balaban J connectivity index is 2.27. The van der Waals surface area contributed by atoms with E-state index < -0.39 is 0 Å². The predicted molar refractivity (Wildman–Crippen MR) is 63.3 cm³/mol. The van der Waals surface area contributed by atoms with Crippen molar-refractivity contribution in [3.05, 3.63) is 27.9 Å². The monoisotopic (exact) mass is 250 g/mol. The van der Waals surface area contributed by atoms with Gasteiger partial charge in [0.2, 0.25) is 0 Å². The van der Waals surface area contributed by atoms with Crippen LogP contribution in [0.4, 0.5) is 0 Å². The molecule has 0 aromatic carbocycles. The van der Waals surface area contributed by atoms with Crippen LogP contribution in [-0.4, -0.2) is 32.2 Å². The van der Waals surface area contributed by atoms with Crippen LogP contribution in [0, 0.1) is 6.92 Å². The van der Waals surface area contributed by atoms with E-state index in [1.165, 1.54) is 10.8 Å². The zero-order valence-electron chi connectivity index (χ0n) is 10.3. The number of carbonyl (C=O) groups excluding carboxylic acids is 1. The third-order valence-electron chi connectivity index (χ3n) is 2.62. The van der Waals surface area contributed by atoms with E-state index in [1.807, 2.05) is 0 Å². The summed E-state index contributed by atoms with van der Waals surface area (Å²) in [6.07, 6.45) is 1.89. The molecule has 7 heteroatoms. The van der Waals surface area contributed by atoms with Gasteiger partial charge in [0.05, 0.1) is 12.3 Å². The van der Waals surface area contributed by atoms with E-state index in [2.05, 4.69) is 15.1 Å². The Morgan fingerprint density at radius 2 is 2.33 bits per heavy atom. The molecule has 0 fully saturated rings. The quantitative estimate of drug-likeness (QED) is 0.784. The van der Waals surface area contributed by atoms with E-state index in [1.54, 1.807) is 13.8 Å². The van der Waals surface area contributed by atoms with Crippen LogP contribution in [0.25, 0.3) is 5.78 Å². The molecule has 1 N–H and O–H groups in total. The first kappa shape index (κ1) is 12.3. The van der Waals surface area contributed by atoms with Crippen molar-refractivity contribution in [1.29, 1.82) is 0 Å². The summed E-state index contributed by atoms with van der Waals surface area (Å²) < 4.78 is 6.08. The van der Waals surface area contributed by atoms with Crippen LogP contribution in [0.5, 0.6) is 0 Å². The standard InChI is InChI=1S/C11H14N4O3/c1-3-18-9(16)5-4-8-7(2)14-11-12-6-13-15(11)10(8)17/h6H,3-5H2,1-2H3,(H,12,13,14). The van der Waals surface area contributed by atoms with Gasteiger partial charge in [-0.2, -0.15) is 4.52 Å². The van der Waals surface area contributed by atoms with Crippen LogP contribution in [0.2, 0.25) is 0 Å². The number of nitrogens with one attached hydrogen (secondary N) is 1. The molecule has 0 atom stereocenters. The number of ether oxygens (including phenoxy) is 1. The van der Waals surface area contributed by atoms with Gasteiger partial charge in [0, 0.05) is 12.0 Å². The summed E-state index contributed by atoms with van der Waals surface area (Å²) in [6, 6.07) is 0. The summed E-state index contributed by atoms with van der Waals surface area (Å²) in [5, 5.41) is 2.68. The minimum absolute atomic E-state index is 0.172. The van der Waals surface area contributed by atoms with Crippen molar-refractivity contribution in [2.45, 2.75) is 26.7 Å². The molecular formula is C11H14N4O3. The van der Waals surface area contributed by atoms with E-state index in [-0.39, 0.29) is 17.9 Å². The van der Waals surface area contributed by atoms with E-state index in [0.29, 0.717) is 30.1 Å². The molecule has 0 amide bonds. The Morgan fingerprint density at radius 3 is 3.06 bits per heavy atom. The summed E-state index contributed by atoms with van der Waals surface area (Å²) in [5.74, 6) is 0.0170. The van der Waals surface area contributed by atoms with Crippen LogP contribution in [0.1, 0.15) is 24.6 Å². The number of aromatic amines is 1. The van der Waals surface area contributed by atoms with Crippen LogP contribution in [0.15, 0.2) is 11.1 Å². The normalized spacial score (nSPS) is 10.8. The van der Waals surface area contributed by atoms with Gasteiger partial charge >= 0.3 is 5.97 Å². The number of fused-ring (bicyclic) bond motifs is 1. The lowest BCUT2D eigenvalue weighted by Gasteiger charge is -2.04. The SMILES string of the molecule is CCOC(=O)CCc1c(C)nc2nc[nH]n2c1=O. The smallest absolute Gasteiger partial charge is 0.306 e. The van der Waals surface area contributed by atoms with Gasteiger partial charge in [0.25, 0.3) is 11.3 Å². The van der Waals surface area contributed by atoms with Gasteiger partial charge in [-0.15, -0.1) is 0 Å². The lowest BCUT2D eigenvalue weighted by molar-refractivity contribution is -0.143. The third-order valence-corrected chi connectivity index (χ3v) is 2.62. The minimum atomic E-state index is -0.314. The first-order valence-corrected chi connectivity index (χ1v) is 5.70. The highest BCUT2D eigenvalue weighted by Crippen LogP contribution is 2.04. The Kier molecular flexibility index (Phi) is 3.40. The fraction of sp³-hybridized carbons (Fsp3) is 0.455. The van der Waals surface area contributed by atoms with Crippen molar-refractivity contribution in [2.75, 3.05) is 6.61 Å². The number of aromatic nitrogens is 4. The van der Waals surface area contributed by atoms with Crippen LogP contribution in [0.3, 0.4) is 0 Å². The molecule has 0 aliphatic carbocycles. The molecule has 96 valence electrons. The fourth-order valence-corrected chi connectivity index (χ4v) is 1.74. The first-order valence-electron chi connectivity index (χ1n) is 5.70. The number of esters is 1. The van der Waals surface area contributed by atoms with E-state index in [9.17, 15) is 9.59 Å². The van der Waals surface area contributed by atoms with Crippen LogP contribution < -0.4 is 5.56 Å². The zero-order chi connectivity index (χ0) is 13.1. The molecule has 0 bridgehead atoms. The highest BCUT2D eigenvalue weighted by Gasteiger charge is 2.13. The highest BCUT2D eigenvalue weighted by atomic mass is 16.5. The lowest BCUT2D eigenvalue weighted by atomic mass is 10.1. The third kappa shape index (κ3) is 2.24. The summed E-state index contributed by atoms with van der Waals surface area (Å²) in [6.45, 7) is 3.82. The van der Waals surface area contributed by atoms with Gasteiger partial charge in [-0.3, -0.25) is 14.7 Å². The van der Waals surface area contributed by atoms with Crippen molar-refractivity contribution in [2.24, 2.45) is 0 Å². The number of rotatable bonds is 4. The van der Waals surface area contributed by atoms with Crippen molar-refractivity contribution >= 4 is 11.7 Å². The lowest BCUT2D eigenvalue weighted by Crippen LogP contribution is -2.22. The Bertz CT molecular complexity index is 629.